The van der Waals surface area contributed by atoms with Gasteiger partial charge in [0.2, 0.25) is 5.91 Å². The van der Waals surface area contributed by atoms with Crippen LogP contribution < -0.4 is 14.8 Å². The van der Waals surface area contributed by atoms with Gasteiger partial charge in [-0.25, -0.2) is 4.79 Å². The molecule has 3 amide bonds. The van der Waals surface area contributed by atoms with E-state index in [2.05, 4.69) is 32.1 Å². The lowest BCUT2D eigenvalue weighted by Gasteiger charge is -2.14. The average molecular weight is 671 g/mol. The van der Waals surface area contributed by atoms with E-state index in [0.29, 0.717) is 38.9 Å². The zero-order valence-corrected chi connectivity index (χ0v) is 25.3. The van der Waals surface area contributed by atoms with E-state index in [1.807, 2.05) is 0 Å². The van der Waals surface area contributed by atoms with Crippen molar-refractivity contribution in [1.29, 1.82) is 5.26 Å². The van der Waals surface area contributed by atoms with Crippen LogP contribution in [0.1, 0.15) is 27.0 Å². The Balaban J connectivity index is 1.45. The van der Waals surface area contributed by atoms with Crippen LogP contribution in [0.25, 0.3) is 6.08 Å². The van der Waals surface area contributed by atoms with Crippen LogP contribution in [0, 0.1) is 11.3 Å². The third kappa shape index (κ3) is 7.12. The first-order valence-corrected chi connectivity index (χ1v) is 14.0. The molecule has 3 aromatic carbocycles. The van der Waals surface area contributed by atoms with E-state index in [9.17, 15) is 19.2 Å². The lowest BCUT2D eigenvalue weighted by molar-refractivity contribution is -0.127. The molecule has 10 nitrogen and oxygen atoms in total. The Morgan fingerprint density at radius 2 is 1.86 bits per heavy atom. The quantitative estimate of drug-likeness (QED) is 0.214. The molecule has 3 aromatic rings. The van der Waals surface area contributed by atoms with E-state index in [1.54, 1.807) is 36.4 Å². The van der Waals surface area contributed by atoms with Crippen molar-refractivity contribution in [2.45, 2.75) is 6.61 Å². The number of anilines is 1. The second-order valence-electron chi connectivity index (χ2n) is 8.63. The number of halogens is 2. The molecule has 0 unspecified atom stereocenters. The predicted octanol–water partition coefficient (Wildman–Crippen LogP) is 6.02. The Kier molecular flexibility index (Phi) is 9.90. The van der Waals surface area contributed by atoms with Gasteiger partial charge >= 0.3 is 5.97 Å². The number of amides is 3. The van der Waals surface area contributed by atoms with E-state index in [0.717, 1.165) is 10.5 Å². The summed E-state index contributed by atoms with van der Waals surface area (Å²) >= 11 is 10.2. The molecule has 1 saturated heterocycles. The second kappa shape index (κ2) is 13.6. The van der Waals surface area contributed by atoms with Crippen molar-refractivity contribution in [2.75, 3.05) is 26.1 Å². The van der Waals surface area contributed by atoms with Gasteiger partial charge in [-0.15, -0.1) is 0 Å². The van der Waals surface area contributed by atoms with Crippen LogP contribution in [0.15, 0.2) is 64.0 Å². The van der Waals surface area contributed by atoms with Crippen molar-refractivity contribution in [3.8, 4) is 17.6 Å². The van der Waals surface area contributed by atoms with Crippen molar-refractivity contribution in [2.24, 2.45) is 0 Å². The van der Waals surface area contributed by atoms with Gasteiger partial charge < -0.3 is 19.5 Å². The van der Waals surface area contributed by atoms with Crippen LogP contribution >= 0.6 is 39.3 Å². The molecule has 0 atom stereocenters. The molecule has 0 bridgehead atoms. The number of hydrogen-bond donors (Lipinski definition) is 1. The van der Waals surface area contributed by atoms with Crippen LogP contribution in [0.4, 0.5) is 10.5 Å². The van der Waals surface area contributed by atoms with Gasteiger partial charge in [-0.1, -0.05) is 23.7 Å². The normalized spacial score (nSPS) is 13.6. The SMILES string of the molecule is COC(=O)c1cc(NC(=O)CN2C(=O)S/C(=C/c3cc(Br)c(OCc4ccc(C#N)cc4)c(OC)c3)C2=O)ccc1Cl. The van der Waals surface area contributed by atoms with Gasteiger partial charge in [-0.2, -0.15) is 5.26 Å². The highest BCUT2D eigenvalue weighted by Gasteiger charge is 2.36. The maximum atomic E-state index is 13.0. The zero-order chi connectivity index (χ0) is 30.4. The average Bonchev–Trinajstić information content (AvgIpc) is 3.24. The minimum atomic E-state index is -0.679. The lowest BCUT2D eigenvalue weighted by Crippen LogP contribution is -2.36. The highest BCUT2D eigenvalue weighted by atomic mass is 79.9. The first-order valence-electron chi connectivity index (χ1n) is 12.1. The highest BCUT2D eigenvalue weighted by Crippen LogP contribution is 2.39. The molecule has 0 aromatic heterocycles. The molecule has 42 heavy (non-hydrogen) atoms. The minimum absolute atomic E-state index is 0.0540. The first-order chi connectivity index (χ1) is 20.1. The summed E-state index contributed by atoms with van der Waals surface area (Å²) in [7, 11) is 2.68. The third-order valence-electron chi connectivity index (χ3n) is 5.85. The lowest BCUT2D eigenvalue weighted by atomic mass is 10.1. The second-order valence-corrected chi connectivity index (χ2v) is 10.9. The number of ether oxygens (including phenoxy) is 3. The molecular weight excluding hydrogens is 650 g/mol. The van der Waals surface area contributed by atoms with E-state index >= 15 is 0 Å². The van der Waals surface area contributed by atoms with Gasteiger partial charge in [-0.05, 0) is 87.4 Å². The Bertz CT molecular complexity index is 1650. The van der Waals surface area contributed by atoms with Gasteiger partial charge in [-0.3, -0.25) is 19.3 Å². The molecule has 0 saturated carbocycles. The molecule has 1 heterocycles. The van der Waals surface area contributed by atoms with Gasteiger partial charge in [0.25, 0.3) is 11.1 Å². The minimum Gasteiger partial charge on any atom is -0.493 e. The summed E-state index contributed by atoms with van der Waals surface area (Å²) < 4.78 is 16.6. The summed E-state index contributed by atoms with van der Waals surface area (Å²) in [5.41, 5.74) is 2.24. The van der Waals surface area contributed by atoms with Gasteiger partial charge in [0.15, 0.2) is 11.5 Å². The predicted molar refractivity (Wildman–Crippen MR) is 160 cm³/mol. The topological polar surface area (TPSA) is 135 Å². The number of benzene rings is 3. The van der Waals surface area contributed by atoms with E-state index in [1.165, 1.54) is 38.5 Å². The fraction of sp³-hybridized carbons (Fsp3) is 0.138. The van der Waals surface area contributed by atoms with Crippen molar-refractivity contribution >= 4 is 74.1 Å². The number of carbonyl (C=O) groups is 4. The van der Waals surface area contributed by atoms with Crippen molar-refractivity contribution in [3.05, 3.63) is 91.3 Å². The van der Waals surface area contributed by atoms with Crippen LogP contribution in [-0.4, -0.2) is 48.7 Å². The van der Waals surface area contributed by atoms with Gasteiger partial charge in [0, 0.05) is 5.69 Å². The molecule has 1 fully saturated rings. The summed E-state index contributed by atoms with van der Waals surface area (Å²) in [6, 6.07) is 16.6. The summed E-state index contributed by atoms with van der Waals surface area (Å²) in [6.07, 6.45) is 1.52. The smallest absolute Gasteiger partial charge is 0.339 e. The maximum absolute atomic E-state index is 13.0. The monoisotopic (exact) mass is 669 g/mol. The zero-order valence-electron chi connectivity index (χ0n) is 22.1. The number of nitriles is 1. The number of methoxy groups -OCH3 is 2. The van der Waals surface area contributed by atoms with E-state index < -0.39 is 29.6 Å². The molecule has 1 aliphatic heterocycles. The van der Waals surface area contributed by atoms with Crippen LogP contribution in [-0.2, 0) is 20.9 Å². The molecule has 4 rings (SSSR count). The first kappa shape index (κ1) is 30.6. The number of rotatable bonds is 9. The van der Waals surface area contributed by atoms with Gasteiger partial charge in [0.1, 0.15) is 13.2 Å². The van der Waals surface area contributed by atoms with Crippen molar-refractivity contribution in [1.82, 2.24) is 4.90 Å². The Hall–Kier alpha value is -4.31. The molecule has 1 aliphatic rings. The van der Waals surface area contributed by atoms with Crippen LogP contribution in [0.5, 0.6) is 11.5 Å². The summed E-state index contributed by atoms with van der Waals surface area (Å²) in [6.45, 7) is -0.311. The molecule has 0 aliphatic carbocycles. The third-order valence-corrected chi connectivity index (χ3v) is 7.67. The standard InChI is InChI=1S/C29H21BrClN3O7S/c1-39-23-10-18(9-21(30)26(23)41-15-17-5-3-16(13-32)4-6-17)11-24-27(36)34(29(38)42-24)14-25(35)33-19-7-8-22(31)20(12-19)28(37)40-2/h3-12H,14-15H2,1-2H3,(H,33,35)/b24-11+. The number of esters is 1. The summed E-state index contributed by atoms with van der Waals surface area (Å²) in [4.78, 5) is 51.1. The Morgan fingerprint density at radius 1 is 1.12 bits per heavy atom. The molecule has 0 radical (unpaired) electrons. The Labute approximate surface area is 258 Å². The van der Waals surface area contributed by atoms with E-state index in [-0.39, 0.29) is 27.8 Å². The van der Waals surface area contributed by atoms with Gasteiger partial charge in [0.05, 0.1) is 45.8 Å². The number of nitrogens with zero attached hydrogens (tertiary/aromatic N) is 2. The number of thioether (sulfide) groups is 1. The molecule has 13 heteroatoms. The number of nitrogens with one attached hydrogen (secondary N) is 1. The number of carbonyl (C=O) groups excluding carboxylic acids is 4. The van der Waals surface area contributed by atoms with Crippen molar-refractivity contribution in [3.63, 3.8) is 0 Å². The molecule has 214 valence electrons. The fourth-order valence-corrected chi connectivity index (χ4v) is 5.40. The number of hydrogen-bond acceptors (Lipinski definition) is 9. The van der Waals surface area contributed by atoms with Crippen molar-refractivity contribution < 1.29 is 33.4 Å². The highest BCUT2D eigenvalue weighted by molar-refractivity contribution is 9.10. The van der Waals surface area contributed by atoms with Crippen LogP contribution in [0.3, 0.4) is 0 Å². The van der Waals surface area contributed by atoms with E-state index in [4.69, 9.17) is 26.3 Å². The molecule has 1 N–H and O–H groups in total. The molecule has 0 spiro atoms. The Morgan fingerprint density at radius 3 is 2.52 bits per heavy atom. The summed E-state index contributed by atoms with van der Waals surface area (Å²) in [5.74, 6) is -1.15. The fourth-order valence-electron chi connectivity index (χ4n) is 3.80. The number of imide groups is 1. The largest absolute Gasteiger partial charge is 0.493 e. The summed E-state index contributed by atoms with van der Waals surface area (Å²) in [5, 5.41) is 11.0. The maximum Gasteiger partial charge on any atom is 0.339 e. The van der Waals surface area contributed by atoms with Crippen LogP contribution in [0.2, 0.25) is 5.02 Å². The molecular formula is C29H21BrClN3O7S.